The van der Waals surface area contributed by atoms with Crippen LogP contribution in [0, 0.1) is 0 Å². The van der Waals surface area contributed by atoms with Gasteiger partial charge in [0.25, 0.3) is 5.91 Å². The fraction of sp³-hybridized carbons (Fsp3) is 0.286. The molecule has 0 fully saturated rings. The molecule has 6 nitrogen and oxygen atoms in total. The standard InChI is InChI=1S/C21H23NO5/c1-3-15-9-11-16(12-10-15)18(23)14-27-20(24)13-22-21(25)17-7-5-6-8-19(17)26-4-2/h5-12H,3-4,13-14H2,1-2H3,(H,22,25). The maximum absolute atomic E-state index is 12.2. The lowest BCUT2D eigenvalue weighted by Gasteiger charge is -2.10. The van der Waals surface area contributed by atoms with E-state index in [0.29, 0.717) is 23.5 Å². The van der Waals surface area contributed by atoms with Crippen LogP contribution in [-0.4, -0.2) is 37.4 Å². The van der Waals surface area contributed by atoms with Gasteiger partial charge in [-0.2, -0.15) is 0 Å². The number of Topliss-reactive ketones (excluding diaryl/α,β-unsaturated/α-hetero) is 1. The average Bonchev–Trinajstić information content (AvgIpc) is 2.71. The van der Waals surface area contributed by atoms with Crippen molar-refractivity contribution < 1.29 is 23.9 Å². The van der Waals surface area contributed by atoms with E-state index < -0.39 is 11.9 Å². The summed E-state index contributed by atoms with van der Waals surface area (Å²) in [5, 5.41) is 2.47. The Labute approximate surface area is 158 Å². The quantitative estimate of drug-likeness (QED) is 0.543. The molecule has 1 N–H and O–H groups in total. The van der Waals surface area contributed by atoms with Gasteiger partial charge in [-0.1, -0.05) is 43.3 Å². The lowest BCUT2D eigenvalue weighted by molar-refractivity contribution is -0.141. The molecule has 0 aliphatic rings. The summed E-state index contributed by atoms with van der Waals surface area (Å²) in [5.41, 5.74) is 1.94. The molecule has 2 aromatic rings. The predicted octanol–water partition coefficient (Wildman–Crippen LogP) is 2.80. The number of carbonyl (C=O) groups is 3. The van der Waals surface area contributed by atoms with Crippen molar-refractivity contribution in [3.8, 4) is 5.75 Å². The van der Waals surface area contributed by atoms with E-state index in [4.69, 9.17) is 9.47 Å². The molecule has 6 heteroatoms. The first-order valence-electron chi connectivity index (χ1n) is 8.83. The Bertz CT molecular complexity index is 798. The minimum absolute atomic E-state index is 0.293. The van der Waals surface area contributed by atoms with Crippen LogP contribution < -0.4 is 10.1 Å². The molecule has 1 amide bonds. The van der Waals surface area contributed by atoms with Crippen molar-refractivity contribution in [3.63, 3.8) is 0 Å². The third-order valence-electron chi connectivity index (χ3n) is 3.87. The number of amides is 1. The Hall–Kier alpha value is -3.15. The summed E-state index contributed by atoms with van der Waals surface area (Å²) in [4.78, 5) is 36.0. The first kappa shape index (κ1) is 20.2. The average molecular weight is 369 g/mol. The lowest BCUT2D eigenvalue weighted by Crippen LogP contribution is -2.31. The predicted molar refractivity (Wildman–Crippen MR) is 101 cm³/mol. The normalized spacial score (nSPS) is 10.1. The SMILES string of the molecule is CCOc1ccccc1C(=O)NCC(=O)OCC(=O)c1ccc(CC)cc1. The number of nitrogens with one attached hydrogen (secondary N) is 1. The summed E-state index contributed by atoms with van der Waals surface area (Å²) in [5.74, 6) is -0.983. The molecule has 0 radical (unpaired) electrons. The molecular formula is C21H23NO5. The molecule has 0 aromatic heterocycles. The first-order valence-corrected chi connectivity index (χ1v) is 8.83. The zero-order chi connectivity index (χ0) is 19.6. The lowest BCUT2D eigenvalue weighted by atomic mass is 10.1. The number of ether oxygens (including phenoxy) is 2. The highest BCUT2D eigenvalue weighted by Gasteiger charge is 2.14. The maximum Gasteiger partial charge on any atom is 0.325 e. The summed E-state index contributed by atoms with van der Waals surface area (Å²) in [6, 6.07) is 13.9. The Morgan fingerprint density at radius 2 is 1.67 bits per heavy atom. The van der Waals surface area contributed by atoms with Crippen LogP contribution in [0.1, 0.15) is 40.1 Å². The number of hydrogen-bond acceptors (Lipinski definition) is 5. The van der Waals surface area contributed by atoms with Crippen molar-refractivity contribution in [2.45, 2.75) is 20.3 Å². The topological polar surface area (TPSA) is 81.7 Å². The van der Waals surface area contributed by atoms with Crippen molar-refractivity contribution in [2.24, 2.45) is 0 Å². The smallest absolute Gasteiger partial charge is 0.325 e. The number of rotatable bonds is 9. The summed E-state index contributed by atoms with van der Waals surface area (Å²) in [6.07, 6.45) is 0.885. The van der Waals surface area contributed by atoms with Gasteiger partial charge >= 0.3 is 5.97 Å². The van der Waals surface area contributed by atoms with E-state index in [1.165, 1.54) is 0 Å². The van der Waals surface area contributed by atoms with Crippen molar-refractivity contribution in [3.05, 3.63) is 65.2 Å². The van der Waals surface area contributed by atoms with Crippen LogP contribution in [0.3, 0.4) is 0 Å². The highest BCUT2D eigenvalue weighted by molar-refractivity contribution is 5.99. The monoisotopic (exact) mass is 369 g/mol. The Morgan fingerprint density at radius 3 is 2.33 bits per heavy atom. The van der Waals surface area contributed by atoms with E-state index in [9.17, 15) is 14.4 Å². The van der Waals surface area contributed by atoms with Crippen LogP contribution in [0.15, 0.2) is 48.5 Å². The fourth-order valence-electron chi connectivity index (χ4n) is 2.39. The van der Waals surface area contributed by atoms with E-state index in [2.05, 4.69) is 5.32 Å². The molecule has 0 saturated carbocycles. The van der Waals surface area contributed by atoms with Crippen LogP contribution in [0.2, 0.25) is 0 Å². The number of esters is 1. The van der Waals surface area contributed by atoms with Crippen molar-refractivity contribution in [1.82, 2.24) is 5.32 Å². The van der Waals surface area contributed by atoms with Crippen LogP contribution in [-0.2, 0) is 16.0 Å². The fourth-order valence-corrected chi connectivity index (χ4v) is 2.39. The molecule has 27 heavy (non-hydrogen) atoms. The minimum Gasteiger partial charge on any atom is -0.493 e. The third kappa shape index (κ3) is 5.95. The van der Waals surface area contributed by atoms with Gasteiger partial charge < -0.3 is 14.8 Å². The van der Waals surface area contributed by atoms with Crippen molar-refractivity contribution in [1.29, 1.82) is 0 Å². The van der Waals surface area contributed by atoms with Gasteiger partial charge in [0.15, 0.2) is 12.4 Å². The zero-order valence-electron chi connectivity index (χ0n) is 15.5. The molecule has 0 spiro atoms. The van der Waals surface area contributed by atoms with Crippen LogP contribution in [0.5, 0.6) is 5.75 Å². The van der Waals surface area contributed by atoms with Crippen molar-refractivity contribution >= 4 is 17.7 Å². The molecule has 2 aromatic carbocycles. The number of carbonyl (C=O) groups excluding carboxylic acids is 3. The van der Waals surface area contributed by atoms with Crippen molar-refractivity contribution in [2.75, 3.05) is 19.8 Å². The van der Waals surface area contributed by atoms with Gasteiger partial charge in [0.2, 0.25) is 0 Å². The Morgan fingerprint density at radius 1 is 0.963 bits per heavy atom. The molecule has 0 bridgehead atoms. The molecule has 142 valence electrons. The van der Waals surface area contributed by atoms with Gasteiger partial charge in [-0.15, -0.1) is 0 Å². The number of hydrogen-bond donors (Lipinski definition) is 1. The van der Waals surface area contributed by atoms with Gasteiger partial charge in [0.1, 0.15) is 12.3 Å². The molecule has 0 aliphatic carbocycles. The minimum atomic E-state index is -0.684. The van der Waals surface area contributed by atoms with Crippen LogP contribution in [0.25, 0.3) is 0 Å². The summed E-state index contributed by atoms with van der Waals surface area (Å²) >= 11 is 0. The van der Waals surface area contributed by atoms with Gasteiger partial charge in [-0.3, -0.25) is 14.4 Å². The van der Waals surface area contributed by atoms with Gasteiger partial charge in [-0.25, -0.2) is 0 Å². The van der Waals surface area contributed by atoms with E-state index in [-0.39, 0.29) is 18.9 Å². The number of aryl methyl sites for hydroxylation is 1. The zero-order valence-corrected chi connectivity index (χ0v) is 15.5. The maximum atomic E-state index is 12.2. The Balaban J connectivity index is 1.82. The Kier molecular flexibility index (Phi) is 7.55. The third-order valence-corrected chi connectivity index (χ3v) is 3.87. The first-order chi connectivity index (χ1) is 13.0. The van der Waals surface area contributed by atoms with E-state index in [0.717, 1.165) is 12.0 Å². The molecule has 0 aliphatic heterocycles. The molecule has 0 unspecified atom stereocenters. The summed E-state index contributed by atoms with van der Waals surface area (Å²) < 4.78 is 10.3. The van der Waals surface area contributed by atoms with Gasteiger partial charge in [-0.05, 0) is 31.0 Å². The second-order valence-corrected chi connectivity index (χ2v) is 5.75. The number of ketones is 1. The van der Waals surface area contributed by atoms with Gasteiger partial charge in [0, 0.05) is 5.56 Å². The summed E-state index contributed by atoms with van der Waals surface area (Å²) in [7, 11) is 0. The van der Waals surface area contributed by atoms with E-state index in [1.54, 1.807) is 36.4 Å². The molecule has 0 saturated heterocycles. The summed E-state index contributed by atoms with van der Waals surface area (Å²) in [6.45, 7) is 3.57. The molecule has 0 atom stereocenters. The molecule has 0 heterocycles. The van der Waals surface area contributed by atoms with Gasteiger partial charge in [0.05, 0.1) is 12.2 Å². The highest BCUT2D eigenvalue weighted by atomic mass is 16.5. The largest absolute Gasteiger partial charge is 0.493 e. The molecular weight excluding hydrogens is 346 g/mol. The molecule has 2 rings (SSSR count). The number of benzene rings is 2. The second-order valence-electron chi connectivity index (χ2n) is 5.75. The van der Waals surface area contributed by atoms with Crippen LogP contribution >= 0.6 is 0 Å². The number of para-hydroxylation sites is 1. The van der Waals surface area contributed by atoms with Crippen LogP contribution in [0.4, 0.5) is 0 Å². The van der Waals surface area contributed by atoms with E-state index in [1.807, 2.05) is 26.0 Å². The highest BCUT2D eigenvalue weighted by Crippen LogP contribution is 2.17. The van der Waals surface area contributed by atoms with E-state index >= 15 is 0 Å². The second kappa shape index (κ2) is 10.1.